The third-order valence-electron chi connectivity index (χ3n) is 4.53. The van der Waals surface area contributed by atoms with Crippen LogP contribution >= 0.6 is 38.5 Å². The lowest BCUT2D eigenvalue weighted by Gasteiger charge is -2.45. The van der Waals surface area contributed by atoms with Gasteiger partial charge in [-0.1, -0.05) is 51.9 Å². The number of fused-ring (bicyclic) bond motifs is 1. The maximum Gasteiger partial charge on any atom is 0.511 e. The van der Waals surface area contributed by atoms with Crippen molar-refractivity contribution in [1.82, 2.24) is 4.90 Å². The summed E-state index contributed by atoms with van der Waals surface area (Å²) < 4.78 is 37.5. The number of sulfone groups is 1. The van der Waals surface area contributed by atoms with Gasteiger partial charge in [-0.2, -0.15) is 0 Å². The molecule has 154 valence electrons. The highest BCUT2D eigenvalue weighted by molar-refractivity contribution is 14.1. The van der Waals surface area contributed by atoms with E-state index < -0.39 is 52.7 Å². The summed E-state index contributed by atoms with van der Waals surface area (Å²) in [5.74, 6) is -1.50. The molecule has 2 aliphatic heterocycles. The first-order valence-corrected chi connectivity index (χ1v) is 11.7. The van der Waals surface area contributed by atoms with Crippen LogP contribution in [0, 0.1) is 0 Å². The number of amides is 1. The second-order valence-electron chi connectivity index (χ2n) is 6.81. The molecular formula is C15H21BrINO8S. The predicted octanol–water partition coefficient (Wildman–Crippen LogP) is 2.10. The van der Waals surface area contributed by atoms with E-state index in [0.717, 1.165) is 11.3 Å². The Morgan fingerprint density at radius 1 is 1.33 bits per heavy atom. The summed E-state index contributed by atoms with van der Waals surface area (Å²) in [5, 5.41) is -1.18. The quantitative estimate of drug-likeness (QED) is 0.117. The van der Waals surface area contributed by atoms with Gasteiger partial charge in [0.15, 0.2) is 17.5 Å². The van der Waals surface area contributed by atoms with Crippen LogP contribution in [0.3, 0.4) is 0 Å². The zero-order valence-corrected chi connectivity index (χ0v) is 19.8. The van der Waals surface area contributed by atoms with Gasteiger partial charge in [0.1, 0.15) is 10.8 Å². The Balaban J connectivity index is 2.10. The van der Waals surface area contributed by atoms with Crippen molar-refractivity contribution < 1.29 is 37.0 Å². The highest BCUT2D eigenvalue weighted by Crippen LogP contribution is 2.57. The molecule has 0 bridgehead atoms. The third-order valence-corrected chi connectivity index (χ3v) is 9.94. The van der Waals surface area contributed by atoms with Crippen LogP contribution in [0.25, 0.3) is 0 Å². The highest BCUT2D eigenvalue weighted by atomic mass is 127. The lowest BCUT2D eigenvalue weighted by Crippen LogP contribution is -2.69. The smallest absolute Gasteiger partial charge is 0.434 e. The number of nitrogens with zero attached hydrogens (tertiary/aromatic N) is 1. The van der Waals surface area contributed by atoms with Crippen LogP contribution in [0.2, 0.25) is 0 Å². The Kier molecular flexibility index (Phi) is 6.42. The number of carbonyl (C=O) groups is 3. The van der Waals surface area contributed by atoms with Crippen molar-refractivity contribution in [2.75, 3.05) is 6.61 Å². The van der Waals surface area contributed by atoms with Gasteiger partial charge in [0, 0.05) is 6.92 Å². The van der Waals surface area contributed by atoms with E-state index in [4.69, 9.17) is 14.2 Å². The number of carbonyl (C=O) groups excluding carboxylic acids is 3. The zero-order valence-electron chi connectivity index (χ0n) is 15.2. The fourth-order valence-electron chi connectivity index (χ4n) is 2.99. The zero-order chi connectivity index (χ0) is 20.8. The molecule has 27 heavy (non-hydrogen) atoms. The van der Waals surface area contributed by atoms with E-state index in [-0.39, 0.29) is 6.61 Å². The molecule has 0 spiro atoms. The van der Waals surface area contributed by atoms with E-state index >= 15 is 0 Å². The Bertz CT molecular complexity index is 753. The van der Waals surface area contributed by atoms with Gasteiger partial charge in [-0.3, -0.25) is 4.79 Å². The lowest BCUT2D eigenvalue weighted by atomic mass is 9.98. The molecule has 0 N–H and O–H groups in total. The summed E-state index contributed by atoms with van der Waals surface area (Å²) in [5.41, 5.74) is 0. The first-order chi connectivity index (χ1) is 12.3. The van der Waals surface area contributed by atoms with Gasteiger partial charge in [-0.15, -0.1) is 0 Å². The number of esters is 1. The molecule has 0 radical (unpaired) electrons. The van der Waals surface area contributed by atoms with Crippen molar-refractivity contribution in [3.63, 3.8) is 0 Å². The van der Waals surface area contributed by atoms with E-state index in [9.17, 15) is 22.8 Å². The van der Waals surface area contributed by atoms with Crippen molar-refractivity contribution in [2.45, 2.75) is 65.3 Å². The second-order valence-corrected chi connectivity index (χ2v) is 13.8. The number of unbranched alkanes of at least 4 members (excludes halogenated alkanes) is 1. The Morgan fingerprint density at radius 2 is 1.93 bits per heavy atom. The molecule has 0 aromatic heterocycles. The maximum absolute atomic E-state index is 12.8. The lowest BCUT2D eigenvalue weighted by molar-refractivity contribution is -0.179. The van der Waals surface area contributed by atoms with Crippen LogP contribution in [0.15, 0.2) is 0 Å². The minimum Gasteiger partial charge on any atom is -0.434 e. The van der Waals surface area contributed by atoms with Gasteiger partial charge in [-0.05, 0) is 20.3 Å². The molecule has 4 atom stereocenters. The van der Waals surface area contributed by atoms with Crippen LogP contribution < -0.4 is 0 Å². The fourth-order valence-corrected chi connectivity index (χ4v) is 7.84. The van der Waals surface area contributed by atoms with E-state index in [1.807, 2.05) is 6.92 Å². The normalized spacial score (nSPS) is 31.5. The van der Waals surface area contributed by atoms with Crippen molar-refractivity contribution in [1.29, 1.82) is 0 Å². The summed E-state index contributed by atoms with van der Waals surface area (Å²) in [7, 11) is -3.86. The van der Waals surface area contributed by atoms with Gasteiger partial charge in [-0.25, -0.2) is 18.0 Å². The monoisotopic (exact) mass is 581 g/mol. The number of rotatable bonds is 6. The Hall–Kier alpha value is -0.630. The fraction of sp³-hybridized carbons (Fsp3) is 0.800. The highest BCUT2D eigenvalue weighted by Gasteiger charge is 2.77. The second kappa shape index (κ2) is 7.65. The average molecular weight is 582 g/mol. The largest absolute Gasteiger partial charge is 0.511 e. The molecule has 0 aliphatic carbocycles. The molecule has 0 aromatic carbocycles. The van der Waals surface area contributed by atoms with Gasteiger partial charge >= 0.3 is 12.1 Å². The molecule has 0 aromatic rings. The molecule has 2 unspecified atom stereocenters. The van der Waals surface area contributed by atoms with Crippen molar-refractivity contribution in [2.24, 2.45) is 0 Å². The van der Waals surface area contributed by atoms with Crippen LogP contribution in [-0.4, -0.2) is 62.7 Å². The van der Waals surface area contributed by atoms with E-state index in [1.165, 1.54) is 20.8 Å². The SMILES string of the molecule is CCCCOC(=O)OC(C)OC(=O)[C@@H]1N2C(=O)C(Br)(I)[C@H]2S(=O)(=O)C1(C)C. The average Bonchev–Trinajstić information content (AvgIpc) is 2.68. The molecule has 2 rings (SSSR count). The molecule has 2 aliphatic rings. The first kappa shape index (κ1) is 22.7. The summed E-state index contributed by atoms with van der Waals surface area (Å²) in [4.78, 5) is 37.5. The molecule has 2 saturated heterocycles. The van der Waals surface area contributed by atoms with Crippen LogP contribution in [0.1, 0.15) is 40.5 Å². The van der Waals surface area contributed by atoms with Crippen LogP contribution in [0.4, 0.5) is 4.79 Å². The first-order valence-electron chi connectivity index (χ1n) is 8.28. The summed E-state index contributed by atoms with van der Waals surface area (Å²) in [6.07, 6.45) is -0.791. The van der Waals surface area contributed by atoms with Gasteiger partial charge < -0.3 is 19.1 Å². The van der Waals surface area contributed by atoms with Crippen LogP contribution in [-0.2, 0) is 33.6 Å². The molecule has 0 saturated carbocycles. The summed E-state index contributed by atoms with van der Waals surface area (Å²) in [6.45, 7) is 6.14. The maximum atomic E-state index is 12.8. The number of ether oxygens (including phenoxy) is 3. The topological polar surface area (TPSA) is 116 Å². The third kappa shape index (κ3) is 3.68. The molecule has 1 amide bonds. The molecule has 9 nitrogen and oxygen atoms in total. The number of halogens is 2. The van der Waals surface area contributed by atoms with Crippen molar-refractivity contribution >= 4 is 66.4 Å². The van der Waals surface area contributed by atoms with Gasteiger partial charge in [0.2, 0.25) is 6.29 Å². The molecular weight excluding hydrogens is 561 g/mol. The van der Waals surface area contributed by atoms with Crippen molar-refractivity contribution in [3.8, 4) is 0 Å². The molecule has 2 fully saturated rings. The number of hydrogen-bond donors (Lipinski definition) is 0. The Labute approximate surface area is 179 Å². The standard InChI is InChI=1S/C15H21BrINO8S/c1-5-6-7-24-13(21)26-8(2)25-10(19)9-14(3,4)27(22,23)12-15(16,17)11(20)18(9)12/h8-9,12H,5-7H2,1-4H3/t8?,9-,12+,15?/m0/s1. The minimum absolute atomic E-state index is 0.177. The van der Waals surface area contributed by atoms with E-state index in [2.05, 4.69) is 15.9 Å². The van der Waals surface area contributed by atoms with Gasteiger partial charge in [0.05, 0.1) is 6.61 Å². The van der Waals surface area contributed by atoms with Crippen molar-refractivity contribution in [3.05, 3.63) is 0 Å². The van der Waals surface area contributed by atoms with Crippen LogP contribution in [0.5, 0.6) is 0 Å². The van der Waals surface area contributed by atoms with E-state index in [1.54, 1.807) is 22.6 Å². The minimum atomic E-state index is -3.86. The number of β-lactam (4-membered cyclic amide) rings is 1. The Morgan fingerprint density at radius 3 is 2.48 bits per heavy atom. The molecule has 12 heteroatoms. The molecule has 2 heterocycles. The summed E-state index contributed by atoms with van der Waals surface area (Å²) >= 11 is 4.84. The predicted molar refractivity (Wildman–Crippen MR) is 106 cm³/mol. The summed E-state index contributed by atoms with van der Waals surface area (Å²) in [6, 6.07) is -1.34. The van der Waals surface area contributed by atoms with Gasteiger partial charge in [0.25, 0.3) is 5.91 Å². The number of alkyl halides is 2. The number of hydrogen-bond acceptors (Lipinski definition) is 8. The van der Waals surface area contributed by atoms with E-state index in [0.29, 0.717) is 6.42 Å².